The van der Waals surface area contributed by atoms with Crippen molar-refractivity contribution in [3.63, 3.8) is 0 Å². The molecule has 0 spiro atoms. The van der Waals surface area contributed by atoms with Crippen LogP contribution in [0.15, 0.2) is 18.2 Å². The van der Waals surface area contributed by atoms with E-state index in [9.17, 15) is 23.5 Å². The fraction of sp³-hybridized carbons (Fsp3) is 0.556. The van der Waals surface area contributed by atoms with Crippen molar-refractivity contribution in [1.82, 2.24) is 0 Å². The molecule has 0 heterocycles. The van der Waals surface area contributed by atoms with Crippen molar-refractivity contribution >= 4 is 11.8 Å². The van der Waals surface area contributed by atoms with Crippen LogP contribution in [0.3, 0.4) is 0 Å². The SMILES string of the molecule is CCOC(=O)CC(=O)CC(O)(CCc1ccc(F)c(F)c1)C(C)C. The van der Waals surface area contributed by atoms with Gasteiger partial charge in [-0.3, -0.25) is 9.59 Å². The summed E-state index contributed by atoms with van der Waals surface area (Å²) in [6.45, 7) is 5.37. The molecule has 0 aromatic heterocycles. The zero-order valence-electron chi connectivity index (χ0n) is 14.3. The molecule has 1 aromatic rings. The first kappa shape index (κ1) is 20.2. The number of rotatable bonds is 9. The molecule has 24 heavy (non-hydrogen) atoms. The number of esters is 1. The Balaban J connectivity index is 2.71. The van der Waals surface area contributed by atoms with Gasteiger partial charge in [0.25, 0.3) is 0 Å². The van der Waals surface area contributed by atoms with Crippen molar-refractivity contribution in [2.75, 3.05) is 6.61 Å². The van der Waals surface area contributed by atoms with Gasteiger partial charge in [-0.2, -0.15) is 0 Å². The predicted molar refractivity (Wildman–Crippen MR) is 85.3 cm³/mol. The van der Waals surface area contributed by atoms with Crippen LogP contribution >= 0.6 is 0 Å². The maximum Gasteiger partial charge on any atom is 0.313 e. The van der Waals surface area contributed by atoms with Crippen molar-refractivity contribution in [2.24, 2.45) is 5.92 Å². The quantitative estimate of drug-likeness (QED) is 0.553. The minimum atomic E-state index is -1.32. The number of ketones is 1. The van der Waals surface area contributed by atoms with Crippen molar-refractivity contribution in [3.05, 3.63) is 35.4 Å². The Labute approximate surface area is 140 Å². The fourth-order valence-electron chi connectivity index (χ4n) is 2.41. The number of ether oxygens (including phenoxy) is 1. The van der Waals surface area contributed by atoms with E-state index in [1.165, 1.54) is 6.07 Å². The van der Waals surface area contributed by atoms with E-state index < -0.39 is 29.0 Å². The molecule has 0 aliphatic heterocycles. The van der Waals surface area contributed by atoms with Crippen LogP contribution < -0.4 is 0 Å². The Morgan fingerprint density at radius 2 is 1.92 bits per heavy atom. The molecule has 0 amide bonds. The van der Waals surface area contributed by atoms with Gasteiger partial charge in [-0.1, -0.05) is 19.9 Å². The molecular formula is C18H24F2O4. The molecule has 1 rings (SSSR count). The molecule has 0 aliphatic rings. The highest BCUT2D eigenvalue weighted by atomic mass is 19.2. The highest BCUT2D eigenvalue weighted by Gasteiger charge is 2.33. The average molecular weight is 342 g/mol. The standard InChI is InChI=1S/C18H24F2O4/c1-4-24-17(22)10-14(21)11-18(23,12(2)3)8-7-13-5-6-15(19)16(20)9-13/h5-6,9,12,23H,4,7-8,10-11H2,1-3H3. The Hall–Kier alpha value is -1.82. The third kappa shape index (κ3) is 6.00. The van der Waals surface area contributed by atoms with Crippen LogP contribution in [0.25, 0.3) is 0 Å². The van der Waals surface area contributed by atoms with Gasteiger partial charge >= 0.3 is 5.97 Å². The van der Waals surface area contributed by atoms with Crippen LogP contribution in [-0.2, 0) is 20.7 Å². The second kappa shape index (κ2) is 8.87. The number of aliphatic hydroxyl groups is 1. The van der Waals surface area contributed by atoms with Gasteiger partial charge in [0.1, 0.15) is 12.2 Å². The summed E-state index contributed by atoms with van der Waals surface area (Å²) in [5, 5.41) is 10.7. The molecule has 0 fully saturated rings. The second-order valence-corrected chi connectivity index (χ2v) is 6.20. The van der Waals surface area contributed by atoms with Gasteiger partial charge in [0, 0.05) is 6.42 Å². The lowest BCUT2D eigenvalue weighted by molar-refractivity contribution is -0.146. The summed E-state index contributed by atoms with van der Waals surface area (Å²) in [4.78, 5) is 23.3. The fourth-order valence-corrected chi connectivity index (χ4v) is 2.41. The molecular weight excluding hydrogens is 318 g/mol. The van der Waals surface area contributed by atoms with Crippen LogP contribution in [0.1, 0.15) is 45.6 Å². The maximum atomic E-state index is 13.2. The minimum absolute atomic E-state index is 0.187. The van der Waals surface area contributed by atoms with E-state index in [0.29, 0.717) is 12.0 Å². The molecule has 4 nitrogen and oxygen atoms in total. The molecule has 0 saturated heterocycles. The Morgan fingerprint density at radius 3 is 2.46 bits per heavy atom. The van der Waals surface area contributed by atoms with E-state index in [-0.39, 0.29) is 31.8 Å². The van der Waals surface area contributed by atoms with E-state index in [0.717, 1.165) is 12.1 Å². The van der Waals surface area contributed by atoms with Crippen molar-refractivity contribution in [2.45, 2.75) is 52.1 Å². The number of benzene rings is 1. The molecule has 1 atom stereocenters. The van der Waals surface area contributed by atoms with Crippen molar-refractivity contribution in [3.8, 4) is 0 Å². The first-order valence-electron chi connectivity index (χ1n) is 8.01. The Morgan fingerprint density at radius 1 is 1.25 bits per heavy atom. The summed E-state index contributed by atoms with van der Waals surface area (Å²) in [6.07, 6.45) is -0.0793. The number of carbonyl (C=O) groups is 2. The van der Waals surface area contributed by atoms with E-state index in [2.05, 4.69) is 0 Å². The summed E-state index contributed by atoms with van der Waals surface area (Å²) in [5.41, 5.74) is -0.792. The molecule has 0 aliphatic carbocycles. The summed E-state index contributed by atoms with van der Waals surface area (Å²) in [6, 6.07) is 3.56. The second-order valence-electron chi connectivity index (χ2n) is 6.20. The van der Waals surface area contributed by atoms with E-state index in [1.54, 1.807) is 20.8 Å². The van der Waals surface area contributed by atoms with Gasteiger partial charge in [-0.15, -0.1) is 0 Å². The molecule has 0 bridgehead atoms. The molecule has 134 valence electrons. The lowest BCUT2D eigenvalue weighted by Gasteiger charge is -2.31. The molecule has 1 unspecified atom stereocenters. The number of halogens is 2. The van der Waals surface area contributed by atoms with Crippen LogP contribution in [-0.4, -0.2) is 29.1 Å². The van der Waals surface area contributed by atoms with Gasteiger partial charge in [0.15, 0.2) is 11.6 Å². The van der Waals surface area contributed by atoms with Crippen molar-refractivity contribution < 1.29 is 28.2 Å². The normalized spacial score (nSPS) is 13.6. The van der Waals surface area contributed by atoms with Gasteiger partial charge in [-0.05, 0) is 43.4 Å². The summed E-state index contributed by atoms with van der Waals surface area (Å²) in [5.74, 6) is -3.14. The lowest BCUT2D eigenvalue weighted by atomic mass is 9.80. The van der Waals surface area contributed by atoms with Crippen LogP contribution in [0.5, 0.6) is 0 Å². The van der Waals surface area contributed by atoms with Gasteiger partial charge in [0.05, 0.1) is 12.2 Å². The van der Waals surface area contributed by atoms with Gasteiger partial charge < -0.3 is 9.84 Å². The van der Waals surface area contributed by atoms with Crippen LogP contribution in [0.4, 0.5) is 8.78 Å². The van der Waals surface area contributed by atoms with Crippen molar-refractivity contribution in [1.29, 1.82) is 0 Å². The Bertz CT molecular complexity index is 586. The third-order valence-electron chi connectivity index (χ3n) is 4.06. The number of aryl methyl sites for hydroxylation is 1. The number of Topliss-reactive ketones (excluding diaryl/α,β-unsaturated/α-hetero) is 1. The first-order chi connectivity index (χ1) is 11.2. The first-order valence-corrected chi connectivity index (χ1v) is 8.01. The predicted octanol–water partition coefficient (Wildman–Crippen LogP) is 3.20. The summed E-state index contributed by atoms with van der Waals surface area (Å²) in [7, 11) is 0. The minimum Gasteiger partial charge on any atom is -0.466 e. The lowest BCUT2D eigenvalue weighted by Crippen LogP contribution is -2.38. The van der Waals surface area contributed by atoms with E-state index in [4.69, 9.17) is 4.74 Å². The molecule has 1 N–H and O–H groups in total. The van der Waals surface area contributed by atoms with E-state index in [1.807, 2.05) is 0 Å². The maximum absolute atomic E-state index is 13.2. The van der Waals surface area contributed by atoms with Gasteiger partial charge in [-0.25, -0.2) is 8.78 Å². The average Bonchev–Trinajstić information content (AvgIpc) is 2.48. The zero-order chi connectivity index (χ0) is 18.3. The van der Waals surface area contributed by atoms with E-state index >= 15 is 0 Å². The smallest absolute Gasteiger partial charge is 0.313 e. The zero-order valence-corrected chi connectivity index (χ0v) is 14.3. The number of carbonyl (C=O) groups excluding carboxylic acids is 2. The number of hydrogen-bond acceptors (Lipinski definition) is 4. The van der Waals surface area contributed by atoms with Crippen LogP contribution in [0, 0.1) is 17.6 Å². The molecule has 6 heteroatoms. The highest BCUT2D eigenvalue weighted by molar-refractivity contribution is 5.95. The van der Waals surface area contributed by atoms with Gasteiger partial charge in [0.2, 0.25) is 0 Å². The van der Waals surface area contributed by atoms with Crippen LogP contribution in [0.2, 0.25) is 0 Å². The molecule has 0 saturated carbocycles. The molecule has 1 aromatic carbocycles. The topological polar surface area (TPSA) is 63.6 Å². The monoisotopic (exact) mass is 342 g/mol. The third-order valence-corrected chi connectivity index (χ3v) is 4.06. The summed E-state index contributed by atoms with van der Waals surface area (Å²) < 4.78 is 30.9. The molecule has 0 radical (unpaired) electrons. The summed E-state index contributed by atoms with van der Waals surface area (Å²) >= 11 is 0. The Kier molecular flexibility index (Phi) is 7.48. The largest absolute Gasteiger partial charge is 0.466 e. The highest BCUT2D eigenvalue weighted by Crippen LogP contribution is 2.28. The number of hydrogen-bond donors (Lipinski definition) is 1.